The van der Waals surface area contributed by atoms with Gasteiger partial charge >= 0.3 is 0 Å². The lowest BCUT2D eigenvalue weighted by molar-refractivity contribution is 0.122. The van der Waals surface area contributed by atoms with Gasteiger partial charge in [-0.05, 0) is 24.3 Å². The van der Waals surface area contributed by atoms with E-state index < -0.39 is 0 Å². The number of rotatable bonds is 6. The third-order valence-electron chi connectivity index (χ3n) is 5.05. The van der Waals surface area contributed by atoms with Gasteiger partial charge in [-0.2, -0.15) is 5.26 Å². The van der Waals surface area contributed by atoms with Crippen molar-refractivity contribution in [3.8, 4) is 23.3 Å². The molecule has 158 valence electrons. The van der Waals surface area contributed by atoms with Gasteiger partial charge in [0, 0.05) is 18.7 Å². The zero-order valence-electron chi connectivity index (χ0n) is 17.5. The second-order valence-electron chi connectivity index (χ2n) is 6.85. The van der Waals surface area contributed by atoms with Gasteiger partial charge in [-0.15, -0.1) is 10.2 Å². The molecule has 31 heavy (non-hydrogen) atoms. The second kappa shape index (κ2) is 9.32. The van der Waals surface area contributed by atoms with Crippen molar-refractivity contribution in [1.29, 1.82) is 5.26 Å². The normalized spacial score (nSPS) is 14.2. The Morgan fingerprint density at radius 1 is 1.03 bits per heavy atom. The number of anilines is 1. The van der Waals surface area contributed by atoms with E-state index in [4.69, 9.17) is 14.2 Å². The molecule has 0 radical (unpaired) electrons. The van der Waals surface area contributed by atoms with Gasteiger partial charge in [0.1, 0.15) is 6.07 Å². The van der Waals surface area contributed by atoms with Crippen LogP contribution in [0.25, 0.3) is 17.3 Å². The molecule has 2 aromatic carbocycles. The van der Waals surface area contributed by atoms with Gasteiger partial charge in [0.05, 0.1) is 38.7 Å². The maximum absolute atomic E-state index is 10.0. The Balaban J connectivity index is 1.86. The average molecular weight is 417 g/mol. The Morgan fingerprint density at radius 2 is 1.81 bits per heavy atom. The highest BCUT2D eigenvalue weighted by atomic mass is 16.5. The molecule has 1 aliphatic rings. The number of nitriles is 1. The summed E-state index contributed by atoms with van der Waals surface area (Å²) in [7, 11) is 3.15. The molecule has 0 spiro atoms. The summed E-state index contributed by atoms with van der Waals surface area (Å²) in [6, 6.07) is 17.6. The van der Waals surface area contributed by atoms with Crippen LogP contribution in [0.2, 0.25) is 0 Å². The lowest BCUT2D eigenvalue weighted by Gasteiger charge is -2.28. The third-order valence-corrected chi connectivity index (χ3v) is 5.05. The van der Waals surface area contributed by atoms with Crippen molar-refractivity contribution in [3.63, 3.8) is 0 Å². The molecule has 2 heterocycles. The van der Waals surface area contributed by atoms with Crippen LogP contribution in [-0.2, 0) is 4.74 Å². The number of nitrogens with zero attached hydrogens (tertiary/aromatic N) is 5. The lowest BCUT2D eigenvalue weighted by atomic mass is 10.1. The monoisotopic (exact) mass is 417 g/mol. The van der Waals surface area contributed by atoms with Gasteiger partial charge in [-0.1, -0.05) is 30.3 Å². The van der Waals surface area contributed by atoms with Crippen molar-refractivity contribution >= 4 is 17.6 Å². The van der Waals surface area contributed by atoms with Crippen molar-refractivity contribution in [2.75, 3.05) is 45.4 Å². The minimum atomic E-state index is 0.363. The Kier molecular flexibility index (Phi) is 6.15. The maximum atomic E-state index is 10.0. The van der Waals surface area contributed by atoms with E-state index >= 15 is 0 Å². The predicted octanol–water partition coefficient (Wildman–Crippen LogP) is 3.19. The average Bonchev–Trinajstić information content (AvgIpc) is 3.28. The van der Waals surface area contributed by atoms with E-state index in [-0.39, 0.29) is 0 Å². The second-order valence-corrected chi connectivity index (χ2v) is 6.85. The molecule has 0 atom stereocenters. The van der Waals surface area contributed by atoms with Crippen LogP contribution in [0.4, 0.5) is 5.95 Å². The molecule has 0 saturated carbocycles. The number of benzene rings is 2. The van der Waals surface area contributed by atoms with Gasteiger partial charge in [-0.25, -0.2) is 0 Å². The van der Waals surface area contributed by atoms with Crippen LogP contribution in [-0.4, -0.2) is 55.3 Å². The number of hydrogen-bond donors (Lipinski definition) is 0. The molecule has 8 nitrogen and oxygen atoms in total. The summed E-state index contributed by atoms with van der Waals surface area (Å²) in [5.41, 5.74) is 1.96. The van der Waals surface area contributed by atoms with E-state index in [1.807, 2.05) is 53.1 Å². The van der Waals surface area contributed by atoms with Crippen molar-refractivity contribution in [2.45, 2.75) is 0 Å². The molecule has 0 bridgehead atoms. The summed E-state index contributed by atoms with van der Waals surface area (Å²) in [6.07, 6.45) is 1.74. The molecule has 8 heteroatoms. The number of aromatic nitrogens is 3. The number of morpholine rings is 1. The molecule has 0 amide bonds. The minimum Gasteiger partial charge on any atom is -0.493 e. The topological polar surface area (TPSA) is 85.4 Å². The molecule has 1 aliphatic heterocycles. The van der Waals surface area contributed by atoms with E-state index in [0.717, 1.165) is 5.69 Å². The molecule has 0 unspecified atom stereocenters. The van der Waals surface area contributed by atoms with Gasteiger partial charge in [0.2, 0.25) is 5.95 Å². The van der Waals surface area contributed by atoms with Crippen LogP contribution >= 0.6 is 0 Å². The summed E-state index contributed by atoms with van der Waals surface area (Å²) >= 11 is 0. The standard InChI is InChI=1S/C23H23N5O3/c1-29-20-10-6-7-17(21(20)30-2)15-18(16-24)22-25-26-23(27-11-13-31-14-12-27)28(22)19-8-4-3-5-9-19/h3-10,15H,11-14H2,1-2H3/b18-15+. The Hall–Kier alpha value is -3.83. The molecule has 3 aromatic rings. The van der Waals surface area contributed by atoms with E-state index in [2.05, 4.69) is 21.2 Å². The Labute approximate surface area is 180 Å². The first kappa shape index (κ1) is 20.4. The lowest BCUT2D eigenvalue weighted by Crippen LogP contribution is -2.38. The molecule has 1 aromatic heterocycles. The molecule has 1 saturated heterocycles. The molecule has 0 aliphatic carbocycles. The summed E-state index contributed by atoms with van der Waals surface area (Å²) in [5, 5.41) is 18.9. The largest absolute Gasteiger partial charge is 0.493 e. The fourth-order valence-electron chi connectivity index (χ4n) is 3.56. The summed E-state index contributed by atoms with van der Waals surface area (Å²) < 4.78 is 18.3. The van der Waals surface area contributed by atoms with E-state index in [1.165, 1.54) is 0 Å². The number of methoxy groups -OCH3 is 2. The molecule has 0 N–H and O–H groups in total. The molecular formula is C23H23N5O3. The zero-order valence-corrected chi connectivity index (χ0v) is 17.5. The SMILES string of the molecule is COc1cccc(/C=C(\C#N)c2nnc(N3CCOCC3)n2-c2ccccc2)c1OC. The van der Waals surface area contributed by atoms with Crippen molar-refractivity contribution in [3.05, 3.63) is 59.9 Å². The highest BCUT2D eigenvalue weighted by Crippen LogP contribution is 2.34. The van der Waals surface area contributed by atoms with Crippen LogP contribution in [0, 0.1) is 11.3 Å². The first-order valence-electron chi connectivity index (χ1n) is 9.93. The number of hydrogen-bond acceptors (Lipinski definition) is 7. The first-order chi connectivity index (χ1) is 15.3. The highest BCUT2D eigenvalue weighted by molar-refractivity contribution is 5.89. The van der Waals surface area contributed by atoms with Crippen LogP contribution in [0.15, 0.2) is 48.5 Å². The van der Waals surface area contributed by atoms with Crippen LogP contribution in [0.3, 0.4) is 0 Å². The van der Waals surface area contributed by atoms with Crippen molar-refractivity contribution in [2.24, 2.45) is 0 Å². The molecule has 4 rings (SSSR count). The van der Waals surface area contributed by atoms with E-state index in [0.29, 0.717) is 60.7 Å². The van der Waals surface area contributed by atoms with Gasteiger partial charge in [0.15, 0.2) is 17.3 Å². The fraction of sp³-hybridized carbons (Fsp3) is 0.261. The van der Waals surface area contributed by atoms with Crippen LogP contribution in [0.1, 0.15) is 11.4 Å². The van der Waals surface area contributed by atoms with Gasteiger partial charge in [0.25, 0.3) is 0 Å². The summed E-state index contributed by atoms with van der Waals surface area (Å²) in [6.45, 7) is 2.67. The number of ether oxygens (including phenoxy) is 3. The van der Waals surface area contributed by atoms with E-state index in [9.17, 15) is 5.26 Å². The predicted molar refractivity (Wildman–Crippen MR) is 117 cm³/mol. The number of allylic oxidation sites excluding steroid dienone is 1. The minimum absolute atomic E-state index is 0.363. The first-order valence-corrected chi connectivity index (χ1v) is 9.93. The highest BCUT2D eigenvalue weighted by Gasteiger charge is 2.23. The fourth-order valence-corrected chi connectivity index (χ4v) is 3.56. The zero-order chi connectivity index (χ0) is 21.6. The maximum Gasteiger partial charge on any atom is 0.232 e. The quantitative estimate of drug-likeness (QED) is 0.570. The summed E-state index contributed by atoms with van der Waals surface area (Å²) in [4.78, 5) is 2.12. The molecular weight excluding hydrogens is 394 g/mol. The molecule has 1 fully saturated rings. The number of para-hydroxylation sites is 2. The van der Waals surface area contributed by atoms with Crippen LogP contribution < -0.4 is 14.4 Å². The summed E-state index contributed by atoms with van der Waals surface area (Å²) in [5.74, 6) is 2.28. The Morgan fingerprint density at radius 3 is 2.48 bits per heavy atom. The third kappa shape index (κ3) is 4.09. The van der Waals surface area contributed by atoms with Gasteiger partial charge < -0.3 is 19.1 Å². The smallest absolute Gasteiger partial charge is 0.232 e. The van der Waals surface area contributed by atoms with E-state index in [1.54, 1.807) is 20.3 Å². The van der Waals surface area contributed by atoms with Crippen molar-refractivity contribution in [1.82, 2.24) is 14.8 Å². The Bertz CT molecular complexity index is 1110. The van der Waals surface area contributed by atoms with Crippen LogP contribution in [0.5, 0.6) is 11.5 Å². The van der Waals surface area contributed by atoms with Crippen molar-refractivity contribution < 1.29 is 14.2 Å². The van der Waals surface area contributed by atoms with Gasteiger partial charge in [-0.3, -0.25) is 4.57 Å².